The van der Waals surface area contributed by atoms with Crippen LogP contribution in [0, 0.1) is 5.41 Å². The number of fused-ring (bicyclic) bond motifs is 5. The zero-order chi connectivity index (χ0) is 24.5. The number of nitrogens with zero attached hydrogens (tertiary/aromatic N) is 4. The fraction of sp³-hybridized carbons (Fsp3) is 0.677. The molecule has 2 bridgehead atoms. The van der Waals surface area contributed by atoms with Crippen molar-refractivity contribution in [3.05, 3.63) is 46.6 Å². The van der Waals surface area contributed by atoms with Gasteiger partial charge < -0.3 is 15.0 Å². The van der Waals surface area contributed by atoms with Gasteiger partial charge in [-0.25, -0.2) is 0 Å². The summed E-state index contributed by atoms with van der Waals surface area (Å²) in [6.07, 6.45) is 14.8. The molecule has 6 heteroatoms. The average Bonchev–Trinajstić information content (AvgIpc) is 3.60. The van der Waals surface area contributed by atoms with E-state index in [4.69, 9.17) is 14.7 Å². The van der Waals surface area contributed by atoms with Gasteiger partial charge in [0.2, 0.25) is 0 Å². The Bertz CT molecular complexity index is 1180. The second kappa shape index (κ2) is 8.67. The highest BCUT2D eigenvalue weighted by atomic mass is 16.5. The summed E-state index contributed by atoms with van der Waals surface area (Å²) in [7, 11) is 0. The molecule has 4 aliphatic heterocycles. The predicted octanol–water partition coefficient (Wildman–Crippen LogP) is 4.09. The van der Waals surface area contributed by atoms with Gasteiger partial charge in [-0.15, -0.1) is 0 Å². The standard InChI is InChI=1S/C31H41N5O/c1-2-6-23-17-30(13-9-22(23)5-1)14-10-26-27(18-30)33-29(37-21-31-11-3-15-36(31)16-4-12-31)34-28(26)35-19-24-7-8-25(20-35)32-24/h1-2,5-6,24-25,32H,3-4,7-21H2/t24-,25+,30-/m0/s1. The molecule has 1 aromatic heterocycles. The van der Waals surface area contributed by atoms with Crippen molar-refractivity contribution in [3.63, 3.8) is 0 Å². The van der Waals surface area contributed by atoms with Crippen LogP contribution in [-0.4, -0.2) is 65.3 Å². The summed E-state index contributed by atoms with van der Waals surface area (Å²) in [4.78, 5) is 15.7. The molecule has 3 atom stereocenters. The normalized spacial score (nSPS) is 31.8. The third-order valence-electron chi connectivity index (χ3n) is 10.9. The summed E-state index contributed by atoms with van der Waals surface area (Å²) in [6.45, 7) is 5.34. The number of aryl methyl sites for hydroxylation is 1. The first-order valence-electron chi connectivity index (χ1n) is 15.0. The van der Waals surface area contributed by atoms with Crippen LogP contribution in [0.2, 0.25) is 0 Å². The number of aromatic nitrogens is 2. The maximum atomic E-state index is 6.59. The van der Waals surface area contributed by atoms with E-state index in [1.807, 2.05) is 0 Å². The summed E-state index contributed by atoms with van der Waals surface area (Å²) in [5, 5.41) is 3.81. The number of hydrogen-bond donors (Lipinski definition) is 1. The van der Waals surface area contributed by atoms with Crippen LogP contribution in [-0.2, 0) is 25.7 Å². The molecule has 6 nitrogen and oxygen atoms in total. The Morgan fingerprint density at radius 1 is 0.892 bits per heavy atom. The Hall–Kier alpha value is -2.18. The summed E-state index contributed by atoms with van der Waals surface area (Å²) in [5.74, 6) is 1.19. The van der Waals surface area contributed by atoms with Crippen LogP contribution in [0.15, 0.2) is 24.3 Å². The molecule has 2 aliphatic carbocycles. The number of hydrogen-bond acceptors (Lipinski definition) is 6. The van der Waals surface area contributed by atoms with Crippen LogP contribution in [0.4, 0.5) is 5.82 Å². The minimum atomic E-state index is 0.224. The number of rotatable bonds is 4. The van der Waals surface area contributed by atoms with Crippen molar-refractivity contribution >= 4 is 5.82 Å². The molecule has 6 aliphatic rings. The van der Waals surface area contributed by atoms with Crippen LogP contribution in [0.3, 0.4) is 0 Å². The first-order valence-corrected chi connectivity index (χ1v) is 15.0. The lowest BCUT2D eigenvalue weighted by molar-refractivity contribution is 0.107. The molecule has 0 radical (unpaired) electrons. The summed E-state index contributed by atoms with van der Waals surface area (Å²) in [5.41, 5.74) is 6.37. The number of benzene rings is 1. The Morgan fingerprint density at radius 2 is 1.65 bits per heavy atom. The third-order valence-corrected chi connectivity index (χ3v) is 10.9. The topological polar surface area (TPSA) is 53.5 Å². The number of anilines is 1. The molecule has 0 unspecified atom stereocenters. The van der Waals surface area contributed by atoms with Crippen LogP contribution in [0.25, 0.3) is 0 Å². The van der Waals surface area contributed by atoms with Gasteiger partial charge in [0.25, 0.3) is 0 Å². The monoisotopic (exact) mass is 499 g/mol. The minimum Gasteiger partial charge on any atom is -0.461 e. The molecule has 4 saturated heterocycles. The third kappa shape index (κ3) is 3.89. The van der Waals surface area contributed by atoms with Gasteiger partial charge in [-0.2, -0.15) is 9.97 Å². The minimum absolute atomic E-state index is 0.224. The van der Waals surface area contributed by atoms with Crippen molar-refractivity contribution in [3.8, 4) is 6.01 Å². The Morgan fingerprint density at radius 3 is 2.46 bits per heavy atom. The first-order chi connectivity index (χ1) is 18.2. The highest BCUT2D eigenvalue weighted by molar-refractivity contribution is 5.53. The van der Waals surface area contributed by atoms with Crippen molar-refractivity contribution in [2.75, 3.05) is 37.7 Å². The molecular weight excluding hydrogens is 458 g/mol. The summed E-state index contributed by atoms with van der Waals surface area (Å²) in [6, 6.07) is 10.9. The van der Waals surface area contributed by atoms with Gasteiger partial charge in [0.1, 0.15) is 12.4 Å². The molecule has 2 aromatic rings. The van der Waals surface area contributed by atoms with Gasteiger partial charge in [-0.1, -0.05) is 24.3 Å². The smallest absolute Gasteiger partial charge is 0.318 e. The maximum Gasteiger partial charge on any atom is 0.318 e. The van der Waals surface area contributed by atoms with Crippen LogP contribution >= 0.6 is 0 Å². The van der Waals surface area contributed by atoms with Crippen LogP contribution < -0.4 is 15.0 Å². The molecule has 8 rings (SSSR count). The van der Waals surface area contributed by atoms with Gasteiger partial charge in [-0.05, 0) is 107 Å². The molecule has 37 heavy (non-hydrogen) atoms. The Balaban J connectivity index is 1.12. The molecule has 0 saturated carbocycles. The van der Waals surface area contributed by atoms with Crippen LogP contribution in [0.5, 0.6) is 6.01 Å². The second-order valence-electron chi connectivity index (χ2n) is 13.1. The van der Waals surface area contributed by atoms with Gasteiger partial charge >= 0.3 is 6.01 Å². The van der Waals surface area contributed by atoms with E-state index >= 15 is 0 Å². The number of ether oxygens (including phenoxy) is 1. The highest BCUT2D eigenvalue weighted by Crippen LogP contribution is 2.47. The maximum absolute atomic E-state index is 6.59. The Labute approximate surface area is 221 Å². The van der Waals surface area contributed by atoms with Gasteiger partial charge in [0.15, 0.2) is 0 Å². The van der Waals surface area contributed by atoms with E-state index in [0.717, 1.165) is 32.5 Å². The SMILES string of the molecule is c1ccc2c(c1)CC[C@]1(CCc3c(nc(OCC45CCCN4CCC5)nc3N3C[C@H]4CC[C@@H](C3)N4)C1)C2. The van der Waals surface area contributed by atoms with Crippen molar-refractivity contribution in [1.82, 2.24) is 20.2 Å². The van der Waals surface area contributed by atoms with E-state index < -0.39 is 0 Å². The summed E-state index contributed by atoms with van der Waals surface area (Å²) < 4.78 is 6.59. The molecule has 4 fully saturated rings. The predicted molar refractivity (Wildman–Crippen MR) is 145 cm³/mol. The highest BCUT2D eigenvalue weighted by Gasteiger charge is 2.45. The zero-order valence-electron chi connectivity index (χ0n) is 22.2. The quantitative estimate of drug-likeness (QED) is 0.684. The van der Waals surface area contributed by atoms with E-state index in [1.165, 1.54) is 94.4 Å². The van der Waals surface area contributed by atoms with Gasteiger partial charge in [0.05, 0.1) is 11.2 Å². The molecule has 0 amide bonds. The van der Waals surface area contributed by atoms with E-state index in [9.17, 15) is 0 Å². The van der Waals surface area contributed by atoms with E-state index in [0.29, 0.717) is 23.5 Å². The fourth-order valence-electron chi connectivity index (χ4n) is 8.92. The Kier molecular flexibility index (Phi) is 5.34. The van der Waals surface area contributed by atoms with E-state index in [-0.39, 0.29) is 5.54 Å². The first kappa shape index (κ1) is 22.8. The average molecular weight is 500 g/mol. The van der Waals surface area contributed by atoms with Gasteiger partial charge in [-0.3, -0.25) is 4.90 Å². The largest absolute Gasteiger partial charge is 0.461 e. The van der Waals surface area contributed by atoms with Crippen molar-refractivity contribution < 1.29 is 4.74 Å². The van der Waals surface area contributed by atoms with Gasteiger partial charge in [0, 0.05) is 30.7 Å². The zero-order valence-corrected chi connectivity index (χ0v) is 22.2. The van der Waals surface area contributed by atoms with E-state index in [1.54, 1.807) is 11.1 Å². The number of piperazine rings is 1. The lowest BCUT2D eigenvalue weighted by atomic mass is 9.63. The molecule has 1 aromatic carbocycles. The molecular formula is C31H41N5O. The van der Waals surface area contributed by atoms with E-state index in [2.05, 4.69) is 39.4 Å². The summed E-state index contributed by atoms with van der Waals surface area (Å²) >= 11 is 0. The molecule has 5 heterocycles. The van der Waals surface area contributed by atoms with Crippen molar-refractivity contribution in [2.24, 2.45) is 5.41 Å². The molecule has 1 spiro atoms. The lowest BCUT2D eigenvalue weighted by Gasteiger charge is -2.43. The molecule has 1 N–H and O–H groups in total. The lowest BCUT2D eigenvalue weighted by Crippen LogP contribution is -2.52. The van der Waals surface area contributed by atoms with Crippen LogP contribution in [0.1, 0.15) is 73.8 Å². The fourth-order valence-corrected chi connectivity index (χ4v) is 8.92. The molecule has 196 valence electrons. The number of nitrogens with one attached hydrogen (secondary N) is 1. The second-order valence-corrected chi connectivity index (χ2v) is 13.1. The van der Waals surface area contributed by atoms with Crippen molar-refractivity contribution in [1.29, 1.82) is 0 Å². The van der Waals surface area contributed by atoms with Crippen molar-refractivity contribution in [2.45, 2.75) is 94.7 Å².